The molecule has 1 aromatic rings. The van der Waals surface area contributed by atoms with E-state index >= 15 is 0 Å². The van der Waals surface area contributed by atoms with Gasteiger partial charge in [0.1, 0.15) is 5.82 Å². The van der Waals surface area contributed by atoms with Crippen LogP contribution in [-0.2, 0) is 4.74 Å². The van der Waals surface area contributed by atoms with E-state index in [0.717, 1.165) is 38.0 Å². The van der Waals surface area contributed by atoms with Gasteiger partial charge in [0.25, 0.3) is 0 Å². The Morgan fingerprint density at radius 3 is 2.62 bits per heavy atom. The molecule has 7 heteroatoms. The Bertz CT molecular complexity index is 551. The third-order valence-corrected chi connectivity index (χ3v) is 5.34. The standard InChI is InChI=1S/C17H25N5O.HI/c1-18-17(21-9-8-20-16-4-2-3-7-19-16)22-10-12-13(11-22)15-6-5-14(12)23-15;/h2-4,7,12-15H,5-6,8-11H2,1H3,(H,18,21)(H,19,20);1H. The number of hydrogen-bond donors (Lipinski definition) is 2. The van der Waals surface area contributed by atoms with Gasteiger partial charge in [-0.2, -0.15) is 0 Å². The number of fused-ring (bicyclic) bond motifs is 5. The lowest BCUT2D eigenvalue weighted by Gasteiger charge is -2.23. The van der Waals surface area contributed by atoms with Crippen molar-refractivity contribution in [2.24, 2.45) is 16.8 Å². The van der Waals surface area contributed by atoms with Crippen molar-refractivity contribution in [2.45, 2.75) is 25.0 Å². The summed E-state index contributed by atoms with van der Waals surface area (Å²) in [6.45, 7) is 3.82. The normalized spacial score (nSPS) is 30.9. The van der Waals surface area contributed by atoms with Crippen molar-refractivity contribution in [3.63, 3.8) is 0 Å². The van der Waals surface area contributed by atoms with Gasteiger partial charge in [0, 0.05) is 51.3 Å². The van der Waals surface area contributed by atoms with Crippen LogP contribution in [0.25, 0.3) is 0 Å². The second-order valence-corrected chi connectivity index (χ2v) is 6.64. The van der Waals surface area contributed by atoms with Gasteiger partial charge in [-0.3, -0.25) is 4.99 Å². The maximum absolute atomic E-state index is 6.04. The molecule has 0 spiro atoms. The van der Waals surface area contributed by atoms with Gasteiger partial charge in [-0.1, -0.05) is 6.07 Å². The smallest absolute Gasteiger partial charge is 0.193 e. The van der Waals surface area contributed by atoms with Crippen molar-refractivity contribution in [3.05, 3.63) is 24.4 Å². The SMILES string of the molecule is CN=C(NCCNc1ccccn1)N1CC2C3CCC(O3)C2C1.I. The maximum Gasteiger partial charge on any atom is 0.193 e. The number of hydrogen-bond acceptors (Lipinski definition) is 4. The fourth-order valence-electron chi connectivity index (χ4n) is 4.30. The number of aliphatic imine (C=N–C) groups is 1. The van der Waals surface area contributed by atoms with E-state index in [1.807, 2.05) is 25.2 Å². The predicted molar refractivity (Wildman–Crippen MR) is 106 cm³/mol. The van der Waals surface area contributed by atoms with Crippen molar-refractivity contribution < 1.29 is 4.74 Å². The quantitative estimate of drug-likeness (QED) is 0.322. The van der Waals surface area contributed by atoms with Crippen molar-refractivity contribution in [1.29, 1.82) is 0 Å². The second kappa shape index (κ2) is 7.86. The average molecular weight is 443 g/mol. The molecule has 3 fully saturated rings. The summed E-state index contributed by atoms with van der Waals surface area (Å²) in [6, 6.07) is 5.89. The van der Waals surface area contributed by atoms with Crippen LogP contribution in [-0.4, -0.2) is 61.3 Å². The van der Waals surface area contributed by atoms with E-state index in [1.165, 1.54) is 12.8 Å². The number of pyridine rings is 1. The Morgan fingerprint density at radius 2 is 2.00 bits per heavy atom. The molecular weight excluding hydrogens is 417 g/mol. The molecule has 3 aliphatic rings. The Balaban J connectivity index is 0.00000169. The average Bonchev–Trinajstić information content (AvgIpc) is 3.29. The maximum atomic E-state index is 6.04. The van der Waals surface area contributed by atoms with E-state index < -0.39 is 0 Å². The van der Waals surface area contributed by atoms with E-state index in [1.54, 1.807) is 6.20 Å². The molecule has 3 saturated heterocycles. The molecule has 0 aromatic carbocycles. The van der Waals surface area contributed by atoms with Crippen LogP contribution in [0.2, 0.25) is 0 Å². The fraction of sp³-hybridized carbons (Fsp3) is 0.647. The van der Waals surface area contributed by atoms with E-state index in [-0.39, 0.29) is 24.0 Å². The largest absolute Gasteiger partial charge is 0.374 e. The Labute approximate surface area is 160 Å². The molecule has 0 radical (unpaired) electrons. The van der Waals surface area contributed by atoms with Crippen LogP contribution >= 0.6 is 24.0 Å². The van der Waals surface area contributed by atoms with Crippen molar-refractivity contribution >= 4 is 35.8 Å². The second-order valence-electron chi connectivity index (χ2n) is 6.64. The zero-order valence-corrected chi connectivity index (χ0v) is 16.3. The predicted octanol–water partition coefficient (Wildman–Crippen LogP) is 1.80. The van der Waals surface area contributed by atoms with Crippen molar-refractivity contribution in [2.75, 3.05) is 38.5 Å². The highest BCUT2D eigenvalue weighted by molar-refractivity contribution is 14.0. The summed E-state index contributed by atoms with van der Waals surface area (Å²) in [7, 11) is 1.87. The van der Waals surface area contributed by atoms with Gasteiger partial charge in [0.05, 0.1) is 12.2 Å². The van der Waals surface area contributed by atoms with Gasteiger partial charge < -0.3 is 20.3 Å². The molecule has 4 unspecified atom stereocenters. The van der Waals surface area contributed by atoms with E-state index in [9.17, 15) is 0 Å². The summed E-state index contributed by atoms with van der Waals surface area (Å²) in [5.41, 5.74) is 0. The van der Waals surface area contributed by atoms with Gasteiger partial charge in [-0.25, -0.2) is 4.98 Å². The summed E-state index contributed by atoms with van der Waals surface area (Å²) in [6.07, 6.45) is 5.30. The van der Waals surface area contributed by atoms with Gasteiger partial charge >= 0.3 is 0 Å². The van der Waals surface area contributed by atoms with Crippen LogP contribution < -0.4 is 10.6 Å². The summed E-state index contributed by atoms with van der Waals surface area (Å²) >= 11 is 0. The molecular formula is C17H26IN5O. The minimum atomic E-state index is 0. The Hall–Kier alpha value is -1.09. The monoisotopic (exact) mass is 443 g/mol. The van der Waals surface area contributed by atoms with E-state index in [0.29, 0.717) is 24.0 Å². The van der Waals surface area contributed by atoms with Gasteiger partial charge in [0.15, 0.2) is 5.96 Å². The minimum Gasteiger partial charge on any atom is -0.374 e. The molecule has 0 amide bonds. The Morgan fingerprint density at radius 1 is 1.25 bits per heavy atom. The van der Waals surface area contributed by atoms with Gasteiger partial charge in [-0.05, 0) is 25.0 Å². The van der Waals surface area contributed by atoms with Crippen molar-refractivity contribution in [3.8, 4) is 0 Å². The Kier molecular flexibility index (Phi) is 5.80. The minimum absolute atomic E-state index is 0. The third-order valence-electron chi connectivity index (χ3n) is 5.34. The van der Waals surface area contributed by atoms with Gasteiger partial charge in [-0.15, -0.1) is 24.0 Å². The molecule has 0 saturated carbocycles. The first-order valence-electron chi connectivity index (χ1n) is 8.61. The number of nitrogens with one attached hydrogen (secondary N) is 2. The molecule has 2 N–H and O–H groups in total. The van der Waals surface area contributed by atoms with Crippen LogP contribution in [0.3, 0.4) is 0 Å². The molecule has 6 nitrogen and oxygen atoms in total. The summed E-state index contributed by atoms with van der Waals surface area (Å²) in [5.74, 6) is 3.34. The van der Waals surface area contributed by atoms with E-state index in [2.05, 4.69) is 25.5 Å². The highest BCUT2D eigenvalue weighted by Crippen LogP contribution is 2.47. The van der Waals surface area contributed by atoms with Gasteiger partial charge in [0.2, 0.25) is 0 Å². The number of nitrogens with zero attached hydrogens (tertiary/aromatic N) is 3. The van der Waals surface area contributed by atoms with Crippen LogP contribution in [0.15, 0.2) is 29.4 Å². The zero-order chi connectivity index (χ0) is 15.6. The highest BCUT2D eigenvalue weighted by Gasteiger charge is 2.53. The third kappa shape index (κ3) is 3.46. The first-order chi connectivity index (χ1) is 11.3. The van der Waals surface area contributed by atoms with Crippen LogP contribution in [0.1, 0.15) is 12.8 Å². The van der Waals surface area contributed by atoms with Crippen molar-refractivity contribution in [1.82, 2.24) is 15.2 Å². The van der Waals surface area contributed by atoms with Crippen LogP contribution in [0.4, 0.5) is 5.82 Å². The highest BCUT2D eigenvalue weighted by atomic mass is 127. The molecule has 2 bridgehead atoms. The fourth-order valence-corrected chi connectivity index (χ4v) is 4.30. The number of guanidine groups is 1. The molecule has 24 heavy (non-hydrogen) atoms. The number of aromatic nitrogens is 1. The van der Waals surface area contributed by atoms with E-state index in [4.69, 9.17) is 4.74 Å². The summed E-state index contributed by atoms with van der Waals surface area (Å²) in [4.78, 5) is 11.1. The molecule has 4 atom stereocenters. The summed E-state index contributed by atoms with van der Waals surface area (Å²) in [5, 5.41) is 6.78. The first kappa shape index (κ1) is 17.7. The lowest BCUT2D eigenvalue weighted by Crippen LogP contribution is -2.42. The number of ether oxygens (including phenoxy) is 1. The molecule has 1 aromatic heterocycles. The number of rotatable bonds is 4. The molecule has 0 aliphatic carbocycles. The molecule has 4 heterocycles. The lowest BCUT2D eigenvalue weighted by molar-refractivity contribution is 0.0767. The molecule has 3 aliphatic heterocycles. The number of halogens is 1. The number of likely N-dealkylation sites (tertiary alicyclic amines) is 1. The lowest BCUT2D eigenvalue weighted by atomic mass is 9.82. The van der Waals surface area contributed by atoms with Crippen LogP contribution in [0.5, 0.6) is 0 Å². The molecule has 4 rings (SSSR count). The first-order valence-corrected chi connectivity index (χ1v) is 8.61. The number of anilines is 1. The molecule has 132 valence electrons. The van der Waals surface area contributed by atoms with Crippen LogP contribution in [0, 0.1) is 11.8 Å². The topological polar surface area (TPSA) is 61.8 Å². The zero-order valence-electron chi connectivity index (χ0n) is 14.0. The summed E-state index contributed by atoms with van der Waals surface area (Å²) < 4.78 is 6.04.